The van der Waals surface area contributed by atoms with Gasteiger partial charge in [0.15, 0.2) is 0 Å². The number of hydrogen-bond donors (Lipinski definition) is 3. The van der Waals surface area contributed by atoms with Crippen LogP contribution in [0.15, 0.2) is 58.1 Å². The third kappa shape index (κ3) is 4.50. The van der Waals surface area contributed by atoms with Gasteiger partial charge >= 0.3 is 11.7 Å². The van der Waals surface area contributed by atoms with Gasteiger partial charge in [-0.15, -0.1) is 0 Å². The monoisotopic (exact) mass is 421 g/mol. The van der Waals surface area contributed by atoms with E-state index in [-0.39, 0.29) is 24.9 Å². The van der Waals surface area contributed by atoms with Crippen LogP contribution in [0.4, 0.5) is 16.2 Å². The summed E-state index contributed by atoms with van der Waals surface area (Å²) in [5, 5.41) is 6.03. The zero-order chi connectivity index (χ0) is 21.8. The number of carbonyl (C=O) groups is 2. The van der Waals surface area contributed by atoms with Gasteiger partial charge in [-0.2, -0.15) is 0 Å². The lowest BCUT2D eigenvalue weighted by molar-refractivity contribution is -0.116. The Kier molecular flexibility index (Phi) is 5.83. The van der Waals surface area contributed by atoms with Gasteiger partial charge in [0.25, 0.3) is 5.56 Å². The van der Waals surface area contributed by atoms with Crippen molar-refractivity contribution in [2.75, 3.05) is 23.7 Å². The van der Waals surface area contributed by atoms with E-state index in [1.807, 2.05) is 0 Å². The first-order valence-electron chi connectivity index (χ1n) is 10.2. The number of nitrogens with zero attached hydrogens (tertiary/aromatic N) is 2. The Balaban J connectivity index is 1.46. The van der Waals surface area contributed by atoms with Crippen LogP contribution in [0.1, 0.15) is 19.3 Å². The number of benzene rings is 2. The van der Waals surface area contributed by atoms with Crippen LogP contribution in [0.3, 0.4) is 0 Å². The molecule has 1 saturated heterocycles. The first-order chi connectivity index (χ1) is 15.0. The highest BCUT2D eigenvalue weighted by Gasteiger charge is 2.19. The van der Waals surface area contributed by atoms with Crippen LogP contribution in [0.25, 0.3) is 10.9 Å². The Bertz CT molecular complexity index is 1240. The number of fused-ring (bicyclic) bond motifs is 1. The molecule has 1 aliphatic heterocycles. The zero-order valence-corrected chi connectivity index (χ0v) is 16.9. The lowest BCUT2D eigenvalue weighted by atomic mass is 10.2. The molecule has 1 fully saturated rings. The van der Waals surface area contributed by atoms with E-state index in [1.165, 1.54) is 4.57 Å². The molecule has 0 atom stereocenters. The average molecular weight is 421 g/mol. The number of urea groups is 1. The van der Waals surface area contributed by atoms with Gasteiger partial charge in [-0.05, 0) is 37.1 Å². The van der Waals surface area contributed by atoms with Crippen LogP contribution >= 0.6 is 0 Å². The zero-order valence-electron chi connectivity index (χ0n) is 16.9. The highest BCUT2D eigenvalue weighted by atomic mass is 16.2. The molecule has 0 spiro atoms. The maximum Gasteiger partial charge on any atom is 0.328 e. The topological polar surface area (TPSA) is 116 Å². The number of hydrogen-bond acceptors (Lipinski definition) is 4. The molecule has 3 amide bonds. The third-order valence-electron chi connectivity index (χ3n) is 5.30. The standard InChI is InChI=1S/C22H23N5O4/c28-19(11-14-27-18-10-4-1-7-15(18)20(29)25-22(27)31)23-16-8-2-3-9-17(16)24-21(30)26-12-5-6-13-26/h1-4,7-10H,5-6,11-14H2,(H,23,28)(H,24,30)(H,25,29,31). The predicted octanol–water partition coefficient (Wildman–Crippen LogP) is 2.35. The lowest BCUT2D eigenvalue weighted by Gasteiger charge is -2.18. The van der Waals surface area contributed by atoms with Crippen molar-refractivity contribution in [3.63, 3.8) is 0 Å². The van der Waals surface area contributed by atoms with Crippen LogP contribution < -0.4 is 21.9 Å². The molecule has 1 aromatic heterocycles. The second-order valence-electron chi connectivity index (χ2n) is 7.40. The molecule has 0 saturated carbocycles. The molecule has 31 heavy (non-hydrogen) atoms. The van der Waals surface area contributed by atoms with E-state index in [0.29, 0.717) is 22.3 Å². The van der Waals surface area contributed by atoms with Crippen LogP contribution in [-0.4, -0.2) is 39.5 Å². The van der Waals surface area contributed by atoms with Gasteiger partial charge in [-0.25, -0.2) is 9.59 Å². The van der Waals surface area contributed by atoms with Crippen molar-refractivity contribution < 1.29 is 9.59 Å². The largest absolute Gasteiger partial charge is 0.328 e. The highest BCUT2D eigenvalue weighted by Crippen LogP contribution is 2.22. The molecule has 9 nitrogen and oxygen atoms in total. The molecule has 3 N–H and O–H groups in total. The minimum Gasteiger partial charge on any atom is -0.325 e. The first-order valence-corrected chi connectivity index (χ1v) is 10.2. The molecule has 160 valence electrons. The summed E-state index contributed by atoms with van der Waals surface area (Å²) in [5.41, 5.74) is 0.458. The molecular formula is C22H23N5O4. The summed E-state index contributed by atoms with van der Waals surface area (Å²) >= 11 is 0. The minimum absolute atomic E-state index is 0.0182. The molecule has 3 aromatic rings. The van der Waals surface area contributed by atoms with Crippen molar-refractivity contribution >= 4 is 34.2 Å². The fourth-order valence-electron chi connectivity index (χ4n) is 3.71. The first kappa shape index (κ1) is 20.4. The van der Waals surface area contributed by atoms with Gasteiger partial charge in [0, 0.05) is 26.1 Å². The normalized spacial score (nSPS) is 13.4. The van der Waals surface area contributed by atoms with Crippen LogP contribution in [-0.2, 0) is 11.3 Å². The number of carbonyl (C=O) groups excluding carboxylic acids is 2. The number of aromatic amines is 1. The maximum atomic E-state index is 12.6. The molecular weight excluding hydrogens is 398 g/mol. The summed E-state index contributed by atoms with van der Waals surface area (Å²) in [6.07, 6.45) is 2.00. The quantitative estimate of drug-likeness (QED) is 0.586. The number of aromatic nitrogens is 2. The molecule has 0 aliphatic carbocycles. The number of rotatable bonds is 5. The third-order valence-corrected chi connectivity index (χ3v) is 5.30. The Labute approximate surface area is 177 Å². The Hall–Kier alpha value is -3.88. The van der Waals surface area contributed by atoms with Gasteiger partial charge in [-0.1, -0.05) is 24.3 Å². The van der Waals surface area contributed by atoms with Crippen LogP contribution in [0.5, 0.6) is 0 Å². The average Bonchev–Trinajstić information content (AvgIpc) is 3.30. The number of amides is 3. The van der Waals surface area contributed by atoms with Crippen LogP contribution in [0, 0.1) is 0 Å². The Morgan fingerprint density at radius 3 is 2.29 bits per heavy atom. The summed E-state index contributed by atoms with van der Waals surface area (Å²) in [6, 6.07) is 13.5. The summed E-state index contributed by atoms with van der Waals surface area (Å²) in [7, 11) is 0. The lowest BCUT2D eigenvalue weighted by Crippen LogP contribution is -2.32. The number of nitrogens with one attached hydrogen (secondary N) is 3. The van der Waals surface area contributed by atoms with Gasteiger partial charge in [0.1, 0.15) is 0 Å². The second kappa shape index (κ2) is 8.86. The maximum absolute atomic E-state index is 12.6. The molecule has 1 aliphatic rings. The summed E-state index contributed by atoms with van der Waals surface area (Å²) < 4.78 is 1.37. The molecule has 2 heterocycles. The summed E-state index contributed by atoms with van der Waals surface area (Å²) in [5.74, 6) is -0.315. The van der Waals surface area contributed by atoms with Crippen LogP contribution in [0.2, 0.25) is 0 Å². The van der Waals surface area contributed by atoms with E-state index in [9.17, 15) is 19.2 Å². The van der Waals surface area contributed by atoms with E-state index >= 15 is 0 Å². The number of aryl methyl sites for hydroxylation is 1. The molecule has 0 radical (unpaired) electrons. The van der Waals surface area contributed by atoms with Crippen molar-refractivity contribution in [2.45, 2.75) is 25.8 Å². The molecule has 0 unspecified atom stereocenters. The van der Waals surface area contributed by atoms with E-state index < -0.39 is 11.2 Å². The van der Waals surface area contributed by atoms with E-state index in [4.69, 9.17) is 0 Å². The molecule has 9 heteroatoms. The van der Waals surface area contributed by atoms with Gasteiger partial charge in [0.2, 0.25) is 5.91 Å². The Morgan fingerprint density at radius 1 is 0.903 bits per heavy atom. The number of para-hydroxylation sites is 3. The second-order valence-corrected chi connectivity index (χ2v) is 7.40. The molecule has 4 rings (SSSR count). The molecule has 2 aromatic carbocycles. The fraction of sp³-hybridized carbons (Fsp3) is 0.273. The SMILES string of the molecule is O=C(CCn1c(=O)[nH]c(=O)c2ccccc21)Nc1ccccc1NC(=O)N1CCCC1. The van der Waals surface area contributed by atoms with Gasteiger partial charge in [-0.3, -0.25) is 19.1 Å². The van der Waals surface area contributed by atoms with E-state index in [2.05, 4.69) is 15.6 Å². The Morgan fingerprint density at radius 2 is 1.55 bits per heavy atom. The smallest absolute Gasteiger partial charge is 0.325 e. The summed E-state index contributed by atoms with van der Waals surface area (Å²) in [4.78, 5) is 53.2. The predicted molar refractivity (Wildman–Crippen MR) is 118 cm³/mol. The van der Waals surface area contributed by atoms with Gasteiger partial charge in [0.05, 0.1) is 22.3 Å². The van der Waals surface area contributed by atoms with Crippen molar-refractivity contribution in [3.8, 4) is 0 Å². The van der Waals surface area contributed by atoms with Crippen molar-refractivity contribution in [1.82, 2.24) is 14.5 Å². The number of H-pyrrole nitrogens is 1. The highest BCUT2D eigenvalue weighted by molar-refractivity contribution is 5.99. The van der Waals surface area contributed by atoms with Crippen molar-refractivity contribution in [1.29, 1.82) is 0 Å². The number of likely N-dealkylation sites (tertiary alicyclic amines) is 1. The summed E-state index contributed by atoms with van der Waals surface area (Å²) in [6.45, 7) is 1.55. The van der Waals surface area contributed by atoms with Gasteiger partial charge < -0.3 is 15.5 Å². The van der Waals surface area contributed by atoms with E-state index in [0.717, 1.165) is 25.9 Å². The van der Waals surface area contributed by atoms with E-state index in [1.54, 1.807) is 53.4 Å². The van der Waals surface area contributed by atoms with Crippen molar-refractivity contribution in [3.05, 3.63) is 69.4 Å². The molecule has 0 bridgehead atoms. The minimum atomic E-state index is -0.560. The fourth-order valence-corrected chi connectivity index (χ4v) is 3.71. The number of anilines is 2. The van der Waals surface area contributed by atoms with Crippen molar-refractivity contribution in [2.24, 2.45) is 0 Å².